The number of hydrogen-bond donors (Lipinski definition) is 1. The molecule has 1 amide bonds. The summed E-state index contributed by atoms with van der Waals surface area (Å²) < 4.78 is 36.4. The molecule has 1 aliphatic heterocycles. The first-order valence-corrected chi connectivity index (χ1v) is 17.7. The van der Waals surface area contributed by atoms with Gasteiger partial charge in [0.25, 0.3) is 0 Å². The van der Waals surface area contributed by atoms with Crippen LogP contribution in [0.3, 0.4) is 0 Å². The average Bonchev–Trinajstić information content (AvgIpc) is 3.11. The van der Waals surface area contributed by atoms with Crippen LogP contribution in [0.2, 0.25) is 0 Å². The number of piperidine rings is 1. The van der Waals surface area contributed by atoms with Crippen LogP contribution in [0, 0.1) is 0 Å². The van der Waals surface area contributed by atoms with E-state index in [-0.39, 0.29) is 29.7 Å². The lowest BCUT2D eigenvalue weighted by molar-refractivity contribution is 0.0586. The van der Waals surface area contributed by atoms with E-state index in [0.29, 0.717) is 31.5 Å². The van der Waals surface area contributed by atoms with Crippen molar-refractivity contribution in [3.05, 3.63) is 139 Å². The maximum Gasteiger partial charge on any atom is 0.409 e. The van der Waals surface area contributed by atoms with Crippen molar-refractivity contribution in [1.29, 1.82) is 0 Å². The standard InChI is InChI=1S/C39H41N3O4S/c1-30(42(27-31-13-5-2-6-14-31)28-32-15-7-3-8-16-32)29-46-39(43)41-25-23-35(24-26-41)40-47(44,45)37-22-21-33-17-11-12-20-36(33)38(37)34-18-9-4-10-19-34/h2-22,30,35,40H,23-29H2,1H3/t30-/m0/s1. The van der Waals surface area contributed by atoms with E-state index in [2.05, 4.69) is 40.8 Å². The minimum absolute atomic E-state index is 0.00975. The van der Waals surface area contributed by atoms with Gasteiger partial charge in [-0.2, -0.15) is 0 Å². The van der Waals surface area contributed by atoms with E-state index in [1.807, 2.05) is 97.1 Å². The number of likely N-dealkylation sites (tertiary alicyclic amines) is 1. The Hall–Kier alpha value is -4.50. The van der Waals surface area contributed by atoms with Crippen LogP contribution in [0.4, 0.5) is 4.79 Å². The molecule has 5 aromatic carbocycles. The monoisotopic (exact) mass is 647 g/mol. The number of sulfonamides is 1. The number of carbonyl (C=O) groups excluding carboxylic acids is 1. The molecule has 0 unspecified atom stereocenters. The largest absolute Gasteiger partial charge is 0.448 e. The summed E-state index contributed by atoms with van der Waals surface area (Å²) >= 11 is 0. The molecule has 0 saturated carbocycles. The summed E-state index contributed by atoms with van der Waals surface area (Å²) in [6, 6.07) is 41.3. The summed E-state index contributed by atoms with van der Waals surface area (Å²) in [6.07, 6.45) is 0.650. The van der Waals surface area contributed by atoms with Crippen LogP contribution in [0.25, 0.3) is 21.9 Å². The molecule has 1 saturated heterocycles. The lowest BCUT2D eigenvalue weighted by Gasteiger charge is -2.33. The number of fused-ring (bicyclic) bond motifs is 1. The van der Waals surface area contributed by atoms with Crippen molar-refractivity contribution >= 4 is 26.9 Å². The van der Waals surface area contributed by atoms with Crippen LogP contribution in [0.5, 0.6) is 0 Å². The fraction of sp³-hybridized carbons (Fsp3) is 0.256. The van der Waals surface area contributed by atoms with E-state index in [0.717, 1.165) is 29.4 Å². The third kappa shape index (κ3) is 8.08. The molecule has 8 heteroatoms. The van der Waals surface area contributed by atoms with Gasteiger partial charge in [-0.25, -0.2) is 17.9 Å². The second-order valence-electron chi connectivity index (χ2n) is 12.2. The van der Waals surface area contributed by atoms with Crippen LogP contribution in [-0.4, -0.2) is 56.1 Å². The van der Waals surface area contributed by atoms with Gasteiger partial charge in [0, 0.05) is 43.8 Å². The van der Waals surface area contributed by atoms with E-state index in [1.54, 1.807) is 11.0 Å². The summed E-state index contributed by atoms with van der Waals surface area (Å²) in [5.41, 5.74) is 3.94. The molecular formula is C39H41N3O4S. The highest BCUT2D eigenvalue weighted by molar-refractivity contribution is 7.89. The quantitative estimate of drug-likeness (QED) is 0.161. The Labute approximate surface area is 277 Å². The molecule has 7 nitrogen and oxygen atoms in total. The Balaban J connectivity index is 1.07. The van der Waals surface area contributed by atoms with Crippen molar-refractivity contribution in [2.24, 2.45) is 0 Å². The van der Waals surface area contributed by atoms with Crippen molar-refractivity contribution in [3.8, 4) is 11.1 Å². The van der Waals surface area contributed by atoms with Crippen LogP contribution < -0.4 is 4.72 Å². The minimum atomic E-state index is -3.84. The van der Waals surface area contributed by atoms with E-state index < -0.39 is 10.0 Å². The van der Waals surface area contributed by atoms with Crippen LogP contribution >= 0.6 is 0 Å². The summed E-state index contributed by atoms with van der Waals surface area (Å²) in [5, 5.41) is 1.87. The second-order valence-corrected chi connectivity index (χ2v) is 13.9. The normalized spacial score (nSPS) is 14.7. The second kappa shape index (κ2) is 14.9. The van der Waals surface area contributed by atoms with Gasteiger partial charge >= 0.3 is 6.09 Å². The number of nitrogens with one attached hydrogen (secondary N) is 1. The molecule has 47 heavy (non-hydrogen) atoms. The Morgan fingerprint density at radius 1 is 0.787 bits per heavy atom. The number of hydrogen-bond acceptors (Lipinski definition) is 5. The van der Waals surface area contributed by atoms with Gasteiger partial charge in [0.05, 0.1) is 4.90 Å². The van der Waals surface area contributed by atoms with E-state index in [1.165, 1.54) is 11.1 Å². The molecule has 0 radical (unpaired) electrons. The maximum absolute atomic E-state index is 13.8. The molecule has 1 N–H and O–H groups in total. The first kappa shape index (κ1) is 32.4. The molecule has 5 aromatic rings. The highest BCUT2D eigenvalue weighted by Crippen LogP contribution is 2.35. The Bertz CT molecular complexity index is 1840. The molecule has 6 rings (SSSR count). The van der Waals surface area contributed by atoms with Gasteiger partial charge in [-0.1, -0.05) is 121 Å². The van der Waals surface area contributed by atoms with Crippen LogP contribution in [0.15, 0.2) is 132 Å². The van der Waals surface area contributed by atoms with Crippen LogP contribution in [-0.2, 0) is 27.8 Å². The topological polar surface area (TPSA) is 79.0 Å². The third-order valence-corrected chi connectivity index (χ3v) is 10.4. The summed E-state index contributed by atoms with van der Waals surface area (Å²) in [5.74, 6) is 0. The van der Waals surface area contributed by atoms with Crippen molar-refractivity contribution < 1.29 is 17.9 Å². The number of benzene rings is 5. The highest BCUT2D eigenvalue weighted by atomic mass is 32.2. The van der Waals surface area contributed by atoms with E-state index >= 15 is 0 Å². The van der Waals surface area contributed by atoms with Crippen molar-refractivity contribution in [2.45, 2.75) is 49.8 Å². The molecule has 0 bridgehead atoms. The number of amides is 1. The number of carbonyl (C=O) groups is 1. The predicted octanol–water partition coefficient (Wildman–Crippen LogP) is 7.48. The predicted molar refractivity (Wildman–Crippen MR) is 187 cm³/mol. The molecule has 0 spiro atoms. The van der Waals surface area contributed by atoms with Crippen molar-refractivity contribution in [1.82, 2.24) is 14.5 Å². The fourth-order valence-corrected chi connectivity index (χ4v) is 7.78. The van der Waals surface area contributed by atoms with Crippen molar-refractivity contribution in [3.63, 3.8) is 0 Å². The number of ether oxygens (including phenoxy) is 1. The van der Waals surface area contributed by atoms with Gasteiger partial charge in [0.1, 0.15) is 6.61 Å². The molecule has 0 aliphatic carbocycles. The minimum Gasteiger partial charge on any atom is -0.448 e. The molecule has 1 heterocycles. The first-order valence-electron chi connectivity index (χ1n) is 16.2. The lowest BCUT2D eigenvalue weighted by atomic mass is 9.98. The molecule has 1 aliphatic rings. The maximum atomic E-state index is 13.8. The van der Waals surface area contributed by atoms with Gasteiger partial charge in [-0.15, -0.1) is 0 Å². The Morgan fingerprint density at radius 2 is 1.34 bits per heavy atom. The molecule has 1 atom stereocenters. The van der Waals surface area contributed by atoms with Gasteiger partial charge < -0.3 is 9.64 Å². The summed E-state index contributed by atoms with van der Waals surface area (Å²) in [7, 11) is -3.84. The summed E-state index contributed by atoms with van der Waals surface area (Å²) in [6.45, 7) is 4.65. The van der Waals surface area contributed by atoms with Gasteiger partial charge in [-0.3, -0.25) is 4.90 Å². The zero-order valence-corrected chi connectivity index (χ0v) is 27.5. The molecule has 0 aromatic heterocycles. The number of nitrogens with zero attached hydrogens (tertiary/aromatic N) is 2. The van der Waals surface area contributed by atoms with Gasteiger partial charge in [0.15, 0.2) is 0 Å². The molecule has 1 fully saturated rings. The van der Waals surface area contributed by atoms with E-state index in [4.69, 9.17) is 4.74 Å². The SMILES string of the molecule is C[C@@H](COC(=O)N1CCC(NS(=O)(=O)c2ccc3ccccc3c2-c2ccccc2)CC1)N(Cc1ccccc1)Cc1ccccc1. The summed E-state index contributed by atoms with van der Waals surface area (Å²) in [4.78, 5) is 17.4. The highest BCUT2D eigenvalue weighted by Gasteiger charge is 2.30. The average molecular weight is 648 g/mol. The Kier molecular flexibility index (Phi) is 10.3. The smallest absolute Gasteiger partial charge is 0.409 e. The molecule has 242 valence electrons. The Morgan fingerprint density at radius 3 is 1.96 bits per heavy atom. The van der Waals surface area contributed by atoms with Gasteiger partial charge in [-0.05, 0) is 53.3 Å². The zero-order valence-electron chi connectivity index (χ0n) is 26.7. The van der Waals surface area contributed by atoms with Crippen molar-refractivity contribution in [2.75, 3.05) is 19.7 Å². The van der Waals surface area contributed by atoms with E-state index in [9.17, 15) is 13.2 Å². The zero-order chi connectivity index (χ0) is 32.6. The number of rotatable bonds is 11. The first-order chi connectivity index (χ1) is 22.9. The third-order valence-electron chi connectivity index (χ3n) is 8.85. The fourth-order valence-electron chi connectivity index (χ4n) is 6.23. The molecular weight excluding hydrogens is 607 g/mol. The lowest BCUT2D eigenvalue weighted by Crippen LogP contribution is -2.47. The van der Waals surface area contributed by atoms with Crippen LogP contribution in [0.1, 0.15) is 30.9 Å². The van der Waals surface area contributed by atoms with Gasteiger partial charge in [0.2, 0.25) is 10.0 Å².